The van der Waals surface area contributed by atoms with E-state index in [-0.39, 0.29) is 24.4 Å². The molecule has 0 aromatic rings. The van der Waals surface area contributed by atoms with Crippen molar-refractivity contribution >= 4 is 11.6 Å². The molecule has 0 radical (unpaired) electrons. The Kier molecular flexibility index (Phi) is 9.66. The van der Waals surface area contributed by atoms with Crippen LogP contribution >= 0.6 is 0 Å². The zero-order valence-electron chi connectivity index (χ0n) is 12.7. The maximum absolute atomic E-state index is 11.5. The van der Waals surface area contributed by atoms with Crippen molar-refractivity contribution in [2.75, 3.05) is 28.2 Å². The van der Waals surface area contributed by atoms with E-state index in [0.29, 0.717) is 0 Å². The lowest BCUT2D eigenvalue weighted by atomic mass is 10.1. The van der Waals surface area contributed by atoms with E-state index < -0.39 is 0 Å². The van der Waals surface area contributed by atoms with Gasteiger partial charge in [-0.2, -0.15) is 0 Å². The van der Waals surface area contributed by atoms with Gasteiger partial charge in [-0.15, -0.1) is 0 Å². The molecular formula is C16H24N2O2. The number of allylic oxidation sites excluding steroid dienone is 6. The highest BCUT2D eigenvalue weighted by Gasteiger charge is 2.00. The molecule has 110 valence electrons. The predicted octanol–water partition coefficient (Wildman–Crippen LogP) is 2.17. The second kappa shape index (κ2) is 10.8. The number of carbonyl (C=O) groups is 2. The molecule has 0 aliphatic carbocycles. The second-order valence-electron chi connectivity index (χ2n) is 4.76. The van der Waals surface area contributed by atoms with E-state index in [9.17, 15) is 9.59 Å². The molecule has 4 heteroatoms. The molecule has 0 spiro atoms. The van der Waals surface area contributed by atoms with Crippen LogP contribution in [0, 0.1) is 0 Å². The van der Waals surface area contributed by atoms with E-state index >= 15 is 0 Å². The van der Waals surface area contributed by atoms with Gasteiger partial charge in [-0.25, -0.2) is 0 Å². The number of hydrogen-bond acceptors (Lipinski definition) is 4. The average molecular weight is 276 g/mol. The molecule has 0 aliphatic heterocycles. The largest absolute Gasteiger partial charge is 0.383 e. The summed E-state index contributed by atoms with van der Waals surface area (Å²) in [4.78, 5) is 26.7. The highest BCUT2D eigenvalue weighted by atomic mass is 16.1. The molecule has 0 fully saturated rings. The Balaban J connectivity index is 3.98. The van der Waals surface area contributed by atoms with Gasteiger partial charge in [0.1, 0.15) is 0 Å². The molecule has 0 aliphatic rings. The number of carbonyl (C=O) groups excluding carboxylic acids is 2. The van der Waals surface area contributed by atoms with Crippen LogP contribution in [0.4, 0.5) is 0 Å². The van der Waals surface area contributed by atoms with Crippen LogP contribution in [0.1, 0.15) is 12.8 Å². The fourth-order valence-corrected chi connectivity index (χ4v) is 1.18. The third-order valence-electron chi connectivity index (χ3n) is 2.17. The van der Waals surface area contributed by atoms with E-state index in [2.05, 4.69) is 0 Å². The minimum atomic E-state index is -0.0426. The minimum Gasteiger partial charge on any atom is -0.383 e. The molecule has 0 N–H and O–H groups in total. The third-order valence-corrected chi connectivity index (χ3v) is 2.17. The molecule has 0 atom stereocenters. The Morgan fingerprint density at radius 2 is 1.05 bits per heavy atom. The Bertz CT molecular complexity index is 376. The Labute approximate surface area is 121 Å². The first-order chi connectivity index (χ1) is 9.41. The van der Waals surface area contributed by atoms with Gasteiger partial charge in [0, 0.05) is 41.0 Å². The first-order valence-corrected chi connectivity index (χ1v) is 6.50. The van der Waals surface area contributed by atoms with Crippen molar-refractivity contribution in [2.45, 2.75) is 12.8 Å². The summed E-state index contributed by atoms with van der Waals surface area (Å²) in [6.45, 7) is 0. The van der Waals surface area contributed by atoms with E-state index in [0.717, 1.165) is 0 Å². The minimum absolute atomic E-state index is 0.0426. The summed E-state index contributed by atoms with van der Waals surface area (Å²) in [5.41, 5.74) is 0. The van der Waals surface area contributed by atoms with Gasteiger partial charge in [-0.05, 0) is 36.7 Å². The van der Waals surface area contributed by atoms with Crippen molar-refractivity contribution < 1.29 is 9.59 Å². The number of hydrogen-bond donors (Lipinski definition) is 0. The lowest BCUT2D eigenvalue weighted by Crippen LogP contribution is -2.00. The van der Waals surface area contributed by atoms with Crippen LogP contribution in [0.25, 0.3) is 0 Å². The van der Waals surface area contributed by atoms with Gasteiger partial charge in [-0.1, -0.05) is 12.2 Å². The van der Waals surface area contributed by atoms with Crippen LogP contribution in [0.2, 0.25) is 0 Å². The fourth-order valence-electron chi connectivity index (χ4n) is 1.18. The number of nitrogens with zero attached hydrogens (tertiary/aromatic N) is 2. The maximum Gasteiger partial charge on any atom is 0.156 e. The van der Waals surface area contributed by atoms with Crippen LogP contribution in [0.5, 0.6) is 0 Å². The van der Waals surface area contributed by atoms with E-state index in [1.165, 1.54) is 12.2 Å². The van der Waals surface area contributed by atoms with Gasteiger partial charge in [0.15, 0.2) is 11.6 Å². The quantitative estimate of drug-likeness (QED) is 0.478. The Hall–Kier alpha value is -2.10. The average Bonchev–Trinajstić information content (AvgIpc) is 2.37. The van der Waals surface area contributed by atoms with Crippen LogP contribution in [0.15, 0.2) is 48.9 Å². The summed E-state index contributed by atoms with van der Waals surface area (Å²) in [5.74, 6) is -0.0852. The lowest BCUT2D eigenvalue weighted by molar-refractivity contribution is -0.119. The van der Waals surface area contributed by atoms with Crippen LogP contribution < -0.4 is 0 Å². The predicted molar refractivity (Wildman–Crippen MR) is 83.2 cm³/mol. The lowest BCUT2D eigenvalue weighted by Gasteiger charge is -2.00. The van der Waals surface area contributed by atoms with Gasteiger partial charge in [-0.3, -0.25) is 9.59 Å². The summed E-state index contributed by atoms with van der Waals surface area (Å²) < 4.78 is 0. The van der Waals surface area contributed by atoms with Crippen molar-refractivity contribution in [3.63, 3.8) is 0 Å². The molecule has 0 aromatic heterocycles. The fraction of sp³-hybridized carbons (Fsp3) is 0.375. The summed E-state index contributed by atoms with van der Waals surface area (Å²) in [5, 5.41) is 0. The smallest absolute Gasteiger partial charge is 0.156 e. The van der Waals surface area contributed by atoms with Gasteiger partial charge in [0.05, 0.1) is 0 Å². The summed E-state index contributed by atoms with van der Waals surface area (Å²) in [6.07, 6.45) is 14.1. The Morgan fingerprint density at radius 3 is 1.35 bits per heavy atom. The Morgan fingerprint density at radius 1 is 0.700 bits per heavy atom. The summed E-state index contributed by atoms with van der Waals surface area (Å²) in [7, 11) is 7.62. The topological polar surface area (TPSA) is 40.6 Å². The van der Waals surface area contributed by atoms with Crippen molar-refractivity contribution in [1.82, 2.24) is 9.80 Å². The van der Waals surface area contributed by atoms with Crippen molar-refractivity contribution in [1.29, 1.82) is 0 Å². The number of rotatable bonds is 9. The molecule has 0 aromatic carbocycles. The summed E-state index contributed by atoms with van der Waals surface area (Å²) in [6, 6.07) is 0. The van der Waals surface area contributed by atoms with Crippen LogP contribution in [0.3, 0.4) is 0 Å². The van der Waals surface area contributed by atoms with Gasteiger partial charge in [0.25, 0.3) is 0 Å². The van der Waals surface area contributed by atoms with E-state index in [1.54, 1.807) is 24.3 Å². The second-order valence-corrected chi connectivity index (χ2v) is 4.76. The van der Waals surface area contributed by atoms with Gasteiger partial charge in [0.2, 0.25) is 0 Å². The van der Waals surface area contributed by atoms with E-state index in [1.807, 2.05) is 50.4 Å². The highest BCUT2D eigenvalue weighted by Crippen LogP contribution is 1.96. The maximum atomic E-state index is 11.5. The first kappa shape index (κ1) is 17.9. The highest BCUT2D eigenvalue weighted by molar-refractivity contribution is 5.96. The molecule has 0 unspecified atom stereocenters. The van der Waals surface area contributed by atoms with Crippen molar-refractivity contribution in [3.05, 3.63) is 48.9 Å². The standard InChI is InChI=1S/C16H24N2O2/c1-17(2)13-7-5-9-15(19)11-12-16(20)10-6-8-14-18(3)4/h5-10,13-14H,11-12H2,1-4H3. The zero-order chi connectivity index (χ0) is 15.4. The molecule has 0 saturated carbocycles. The van der Waals surface area contributed by atoms with Gasteiger partial charge < -0.3 is 9.80 Å². The third kappa shape index (κ3) is 12.4. The first-order valence-electron chi connectivity index (χ1n) is 6.50. The zero-order valence-corrected chi connectivity index (χ0v) is 12.7. The van der Waals surface area contributed by atoms with Crippen LogP contribution in [-0.4, -0.2) is 49.6 Å². The molecule has 20 heavy (non-hydrogen) atoms. The SMILES string of the molecule is CN(C)C=CC=CC(=O)CCC(=O)C=CC=CN(C)C. The summed E-state index contributed by atoms with van der Waals surface area (Å²) >= 11 is 0. The van der Waals surface area contributed by atoms with Crippen molar-refractivity contribution in [2.24, 2.45) is 0 Å². The molecule has 0 rings (SSSR count). The van der Waals surface area contributed by atoms with Crippen LogP contribution in [-0.2, 0) is 9.59 Å². The molecule has 4 nitrogen and oxygen atoms in total. The molecule has 0 amide bonds. The molecule has 0 saturated heterocycles. The number of ketones is 2. The van der Waals surface area contributed by atoms with E-state index in [4.69, 9.17) is 0 Å². The molecule has 0 heterocycles. The molecule has 0 bridgehead atoms. The normalized spacial score (nSPS) is 12.0. The van der Waals surface area contributed by atoms with Crippen molar-refractivity contribution in [3.8, 4) is 0 Å². The molecular weight excluding hydrogens is 252 g/mol. The van der Waals surface area contributed by atoms with Gasteiger partial charge >= 0.3 is 0 Å². The monoisotopic (exact) mass is 276 g/mol.